The molecule has 0 saturated carbocycles. The standard InChI is InChI=1S/C4H9.Mg.H/c1-4(2)3;;/h1-3H3;;. The summed E-state index contributed by atoms with van der Waals surface area (Å²) in [5.74, 6) is 0. The molecule has 0 atom stereocenters. The smallest absolute Gasteiger partial charge is 0.138 e. The summed E-state index contributed by atoms with van der Waals surface area (Å²) >= 11 is 1.31. The van der Waals surface area contributed by atoms with Crippen molar-refractivity contribution >= 4 is 21.7 Å². The highest BCUT2D eigenvalue weighted by molar-refractivity contribution is 6.14. The second-order valence-electron chi connectivity index (χ2n) is 3.00. The van der Waals surface area contributed by atoms with E-state index in [1.54, 1.807) is 0 Å². The van der Waals surface area contributed by atoms with Crippen LogP contribution in [0.1, 0.15) is 20.8 Å². The van der Waals surface area contributed by atoms with Crippen molar-refractivity contribution in [2.45, 2.75) is 24.3 Å². The van der Waals surface area contributed by atoms with Gasteiger partial charge < -0.3 is 0 Å². The summed E-state index contributed by atoms with van der Waals surface area (Å²) in [5, 5.41) is 0. The molecule has 0 aromatic rings. The largest absolute Gasteiger partial charge is 0.348 e. The lowest BCUT2D eigenvalue weighted by Gasteiger charge is -2.06. The van der Waals surface area contributed by atoms with Crippen LogP contribution in [-0.4, -0.2) is 21.7 Å². The molecule has 0 unspecified atom stereocenters. The first-order valence-electron chi connectivity index (χ1n) is 2.00. The van der Waals surface area contributed by atoms with Gasteiger partial charge in [0.1, 0.15) is 0 Å². The molecule has 0 heterocycles. The summed E-state index contributed by atoms with van der Waals surface area (Å²) in [7, 11) is 0. The first kappa shape index (κ1) is 5.77. The van der Waals surface area contributed by atoms with Gasteiger partial charge >= 0.3 is 21.7 Å². The Morgan fingerprint density at radius 3 is 1.20 bits per heavy atom. The average Bonchev–Trinajstić information content (AvgIpc) is 0.722. The molecule has 0 radical (unpaired) electrons. The lowest BCUT2D eigenvalue weighted by atomic mass is 10.2. The highest BCUT2D eigenvalue weighted by Gasteiger charge is 1.96. The van der Waals surface area contributed by atoms with Gasteiger partial charge in [-0.1, -0.05) is 20.8 Å². The van der Waals surface area contributed by atoms with Gasteiger partial charge in [0.2, 0.25) is 0 Å². The van der Waals surface area contributed by atoms with Crippen molar-refractivity contribution in [3.8, 4) is 0 Å². The highest BCUT2D eigenvalue weighted by Crippen LogP contribution is 2.13. The maximum Gasteiger partial charge on any atom is 0.348 e. The Morgan fingerprint density at radius 1 is 1.20 bits per heavy atom. The molecule has 0 aliphatic carbocycles. The van der Waals surface area contributed by atoms with E-state index in [2.05, 4.69) is 20.8 Å². The maximum absolute atomic E-state index is 2.25. The fourth-order valence-electron chi connectivity index (χ4n) is 0. The third-order valence-corrected chi connectivity index (χ3v) is 0. The molecule has 0 aliphatic rings. The quantitative estimate of drug-likeness (QED) is 0.384. The second-order valence-corrected chi connectivity index (χ2v) is 6.00. The molecule has 1 heteroatoms. The van der Waals surface area contributed by atoms with E-state index in [0.717, 1.165) is 0 Å². The van der Waals surface area contributed by atoms with E-state index in [9.17, 15) is 0 Å². The molecule has 0 bridgehead atoms. The number of hydrogen-bond acceptors (Lipinski definition) is 0. The van der Waals surface area contributed by atoms with Gasteiger partial charge in [-0.15, -0.1) is 3.54 Å². The van der Waals surface area contributed by atoms with E-state index < -0.39 is 0 Å². The predicted octanol–water partition coefficient (Wildman–Crippen LogP) is 1.11. The van der Waals surface area contributed by atoms with E-state index >= 15 is 0 Å². The maximum atomic E-state index is 2.25. The fraction of sp³-hybridized carbons (Fsp3) is 1.00. The molecule has 0 nitrogen and oxygen atoms in total. The SMILES string of the molecule is C[C](C)(C)[MgH]. The van der Waals surface area contributed by atoms with Crippen LogP contribution in [0, 0.1) is 0 Å². The molecule has 0 spiro atoms. The molecule has 0 aliphatic heterocycles. The van der Waals surface area contributed by atoms with Crippen LogP contribution in [0.5, 0.6) is 0 Å². The van der Waals surface area contributed by atoms with E-state index in [4.69, 9.17) is 0 Å². The summed E-state index contributed by atoms with van der Waals surface area (Å²) in [6.07, 6.45) is 0. The first-order valence-corrected chi connectivity index (χ1v) is 3.00. The van der Waals surface area contributed by atoms with Crippen molar-refractivity contribution in [3.05, 3.63) is 0 Å². The fourth-order valence-corrected chi connectivity index (χ4v) is 0. The number of rotatable bonds is 0. The topological polar surface area (TPSA) is 0 Å². The number of hydrogen-bond donors (Lipinski definition) is 0. The van der Waals surface area contributed by atoms with Crippen molar-refractivity contribution in [1.29, 1.82) is 0 Å². The minimum absolute atomic E-state index is 0.639. The van der Waals surface area contributed by atoms with E-state index in [0.29, 0.717) is 3.54 Å². The molecule has 0 aromatic carbocycles. The third kappa shape index (κ3) is 62.1. The minimum atomic E-state index is 0.639. The van der Waals surface area contributed by atoms with Crippen LogP contribution in [0.3, 0.4) is 0 Å². The summed E-state index contributed by atoms with van der Waals surface area (Å²) in [4.78, 5) is 0. The van der Waals surface area contributed by atoms with Gasteiger partial charge in [-0.25, -0.2) is 0 Å². The average molecular weight is 82.4 g/mol. The van der Waals surface area contributed by atoms with Gasteiger partial charge in [-0.3, -0.25) is 0 Å². The molecule has 0 N–H and O–H groups in total. The Balaban J connectivity index is 3.02. The molecule has 0 aromatic heterocycles. The summed E-state index contributed by atoms with van der Waals surface area (Å²) in [6, 6.07) is 0. The van der Waals surface area contributed by atoms with Crippen molar-refractivity contribution in [2.75, 3.05) is 0 Å². The Morgan fingerprint density at radius 2 is 1.20 bits per heavy atom. The van der Waals surface area contributed by atoms with Crippen LogP contribution in [0.15, 0.2) is 0 Å². The molecule has 0 rings (SSSR count). The van der Waals surface area contributed by atoms with Gasteiger partial charge in [0.15, 0.2) is 0 Å². The lowest BCUT2D eigenvalue weighted by molar-refractivity contribution is 0.767. The lowest BCUT2D eigenvalue weighted by Crippen LogP contribution is -1.90. The van der Waals surface area contributed by atoms with E-state index in [1.165, 1.54) is 21.7 Å². The van der Waals surface area contributed by atoms with Gasteiger partial charge in [0, 0.05) is 0 Å². The molecule has 28 valence electrons. The molecule has 0 saturated heterocycles. The van der Waals surface area contributed by atoms with Crippen LogP contribution >= 0.6 is 0 Å². The molecular weight excluding hydrogens is 72.3 g/mol. The highest BCUT2D eigenvalue weighted by atomic mass is 24.4. The van der Waals surface area contributed by atoms with Gasteiger partial charge in [-0.2, -0.15) is 0 Å². The van der Waals surface area contributed by atoms with Gasteiger partial charge in [0.25, 0.3) is 0 Å². The van der Waals surface area contributed by atoms with Crippen LogP contribution in [0.2, 0.25) is 3.54 Å². The molecule has 0 amide bonds. The van der Waals surface area contributed by atoms with Crippen molar-refractivity contribution in [1.82, 2.24) is 0 Å². The predicted molar refractivity (Wildman–Crippen MR) is 26.9 cm³/mol. The van der Waals surface area contributed by atoms with E-state index in [-0.39, 0.29) is 0 Å². The monoisotopic (exact) mass is 82.1 g/mol. The van der Waals surface area contributed by atoms with Crippen LogP contribution in [0.4, 0.5) is 0 Å². The summed E-state index contributed by atoms with van der Waals surface area (Å²) in [6.45, 7) is 6.75. The van der Waals surface area contributed by atoms with Gasteiger partial charge in [-0.05, 0) is 0 Å². The normalized spacial score (nSPS) is 11.6. The second kappa shape index (κ2) is 1.48. The van der Waals surface area contributed by atoms with Crippen molar-refractivity contribution in [2.24, 2.45) is 0 Å². The Hall–Kier alpha value is 0.766. The Bertz CT molecular complexity index is 19.1. The van der Waals surface area contributed by atoms with Crippen molar-refractivity contribution in [3.63, 3.8) is 0 Å². The van der Waals surface area contributed by atoms with Crippen LogP contribution < -0.4 is 0 Å². The first-order chi connectivity index (χ1) is 2.00. The van der Waals surface area contributed by atoms with E-state index in [1.807, 2.05) is 0 Å². The summed E-state index contributed by atoms with van der Waals surface area (Å²) in [5.41, 5.74) is 0. The molecule has 5 heavy (non-hydrogen) atoms. The molecule has 0 fully saturated rings. The Kier molecular flexibility index (Phi) is 1.70. The zero-order chi connectivity index (χ0) is 4.50. The zero-order valence-corrected chi connectivity index (χ0v) is 6.50. The van der Waals surface area contributed by atoms with Crippen LogP contribution in [-0.2, 0) is 0 Å². The van der Waals surface area contributed by atoms with Crippen LogP contribution in [0.25, 0.3) is 0 Å². The minimum Gasteiger partial charge on any atom is -0.138 e. The Labute approximate surface area is 46.4 Å². The van der Waals surface area contributed by atoms with Gasteiger partial charge in [0.05, 0.1) is 0 Å². The van der Waals surface area contributed by atoms with Crippen molar-refractivity contribution < 1.29 is 0 Å². The molecular formula is C4H10Mg. The zero-order valence-electron chi connectivity index (χ0n) is 4.50. The summed E-state index contributed by atoms with van der Waals surface area (Å²) < 4.78 is 0.639. The third-order valence-electron chi connectivity index (χ3n) is 0.